The van der Waals surface area contributed by atoms with Crippen molar-refractivity contribution in [2.24, 2.45) is 11.8 Å². The second-order valence-corrected chi connectivity index (χ2v) is 7.42. The van der Waals surface area contributed by atoms with Crippen LogP contribution in [0.5, 0.6) is 0 Å². The molecule has 0 aromatic heterocycles. The average Bonchev–Trinajstić information content (AvgIpc) is 2.82. The predicted molar refractivity (Wildman–Crippen MR) is 98.2 cm³/mol. The first-order valence-electron chi connectivity index (χ1n) is 9.86. The Labute approximate surface area is 151 Å². The van der Waals surface area contributed by atoms with Gasteiger partial charge in [0.2, 0.25) is 0 Å². The van der Waals surface area contributed by atoms with Crippen LogP contribution in [0.3, 0.4) is 0 Å². The number of aliphatic hydroxyl groups is 3. The Kier molecular flexibility index (Phi) is 11.0. The van der Waals surface area contributed by atoms with Crippen molar-refractivity contribution >= 4 is 5.97 Å². The molecule has 0 spiro atoms. The van der Waals surface area contributed by atoms with E-state index in [2.05, 4.69) is 6.92 Å². The Hall–Kier alpha value is -0.910. The molecule has 5 atom stereocenters. The third kappa shape index (κ3) is 8.84. The summed E-state index contributed by atoms with van der Waals surface area (Å²) < 4.78 is 0. The zero-order chi connectivity index (χ0) is 18.7. The van der Waals surface area contributed by atoms with Gasteiger partial charge in [-0.05, 0) is 56.8 Å². The molecule has 1 fully saturated rings. The standard InChI is InChI=1S/C20H36O5/c1-2-3-6-9-15(21)12-13-17-16(18(22)14-19(17)23)10-7-4-5-8-11-20(24)25/h4,7,15-19,21-23H,2-3,5-6,8-14H2,1H3,(H,24,25)/b7-4-/t15-,16-,17-,18+,19-/m1/s1. The zero-order valence-corrected chi connectivity index (χ0v) is 15.5. The number of allylic oxidation sites excluding steroid dienone is 2. The van der Waals surface area contributed by atoms with Crippen LogP contribution in [0.2, 0.25) is 0 Å². The molecule has 0 amide bonds. The smallest absolute Gasteiger partial charge is 0.303 e. The molecule has 0 aromatic carbocycles. The third-order valence-electron chi connectivity index (χ3n) is 5.33. The first-order valence-corrected chi connectivity index (χ1v) is 9.86. The number of aliphatic hydroxyl groups excluding tert-OH is 3. The molecule has 5 nitrogen and oxygen atoms in total. The summed E-state index contributed by atoms with van der Waals surface area (Å²) >= 11 is 0. The van der Waals surface area contributed by atoms with Crippen molar-refractivity contribution in [2.45, 2.75) is 95.9 Å². The molecule has 0 aromatic rings. The summed E-state index contributed by atoms with van der Waals surface area (Å²) in [7, 11) is 0. The van der Waals surface area contributed by atoms with E-state index >= 15 is 0 Å². The van der Waals surface area contributed by atoms with E-state index in [0.717, 1.165) is 38.5 Å². The number of carboxylic acid groups (broad SMARTS) is 1. The molecule has 146 valence electrons. The molecule has 1 aliphatic rings. The Balaban J connectivity index is 2.36. The highest BCUT2D eigenvalue weighted by Crippen LogP contribution is 2.38. The second-order valence-electron chi connectivity index (χ2n) is 7.42. The number of hydrogen-bond acceptors (Lipinski definition) is 4. The molecule has 0 radical (unpaired) electrons. The first kappa shape index (κ1) is 22.1. The van der Waals surface area contributed by atoms with Gasteiger partial charge in [0, 0.05) is 6.42 Å². The van der Waals surface area contributed by atoms with Crippen LogP contribution in [-0.4, -0.2) is 44.7 Å². The predicted octanol–water partition coefficient (Wildman–Crippen LogP) is 3.27. The lowest BCUT2D eigenvalue weighted by Crippen LogP contribution is -2.23. The van der Waals surface area contributed by atoms with Crippen molar-refractivity contribution in [3.8, 4) is 0 Å². The summed E-state index contributed by atoms with van der Waals surface area (Å²) in [6.45, 7) is 2.14. The van der Waals surface area contributed by atoms with Crippen molar-refractivity contribution in [1.82, 2.24) is 0 Å². The van der Waals surface area contributed by atoms with Crippen molar-refractivity contribution in [1.29, 1.82) is 0 Å². The highest BCUT2D eigenvalue weighted by molar-refractivity contribution is 5.66. The van der Waals surface area contributed by atoms with Crippen LogP contribution in [0.1, 0.15) is 77.6 Å². The van der Waals surface area contributed by atoms with Gasteiger partial charge in [0.25, 0.3) is 0 Å². The van der Waals surface area contributed by atoms with Gasteiger partial charge in [0.1, 0.15) is 0 Å². The van der Waals surface area contributed by atoms with Crippen molar-refractivity contribution in [3.05, 3.63) is 12.2 Å². The number of unbranched alkanes of at least 4 members (excludes halogenated alkanes) is 3. The molecule has 4 N–H and O–H groups in total. The largest absolute Gasteiger partial charge is 0.481 e. The summed E-state index contributed by atoms with van der Waals surface area (Å²) in [5, 5.41) is 39.1. The highest BCUT2D eigenvalue weighted by atomic mass is 16.4. The number of carboxylic acids is 1. The topological polar surface area (TPSA) is 98.0 Å². The Morgan fingerprint density at radius 1 is 1.08 bits per heavy atom. The lowest BCUT2D eigenvalue weighted by atomic mass is 9.85. The average molecular weight is 357 g/mol. The highest BCUT2D eigenvalue weighted by Gasteiger charge is 2.40. The minimum Gasteiger partial charge on any atom is -0.481 e. The third-order valence-corrected chi connectivity index (χ3v) is 5.33. The number of rotatable bonds is 13. The van der Waals surface area contributed by atoms with E-state index in [1.54, 1.807) is 0 Å². The van der Waals surface area contributed by atoms with Gasteiger partial charge in [0.05, 0.1) is 18.3 Å². The normalized spacial score (nSPS) is 27.8. The van der Waals surface area contributed by atoms with E-state index in [1.165, 1.54) is 0 Å². The van der Waals surface area contributed by atoms with Gasteiger partial charge in [-0.1, -0.05) is 38.3 Å². The van der Waals surface area contributed by atoms with E-state index in [9.17, 15) is 20.1 Å². The zero-order valence-electron chi connectivity index (χ0n) is 15.5. The summed E-state index contributed by atoms with van der Waals surface area (Å²) in [4.78, 5) is 10.5. The van der Waals surface area contributed by atoms with Gasteiger partial charge in [-0.25, -0.2) is 0 Å². The molecule has 0 aliphatic heterocycles. The second kappa shape index (κ2) is 12.4. The maximum Gasteiger partial charge on any atom is 0.303 e. The fraction of sp³-hybridized carbons (Fsp3) is 0.850. The Morgan fingerprint density at radius 2 is 1.80 bits per heavy atom. The Morgan fingerprint density at radius 3 is 2.48 bits per heavy atom. The van der Waals surface area contributed by atoms with Crippen LogP contribution in [-0.2, 0) is 4.79 Å². The molecule has 5 heteroatoms. The van der Waals surface area contributed by atoms with E-state index in [4.69, 9.17) is 5.11 Å². The molecule has 0 heterocycles. The van der Waals surface area contributed by atoms with Crippen molar-refractivity contribution in [3.63, 3.8) is 0 Å². The number of aliphatic carboxylic acids is 1. The molecule has 0 bridgehead atoms. The van der Waals surface area contributed by atoms with Gasteiger partial charge in [-0.2, -0.15) is 0 Å². The summed E-state index contributed by atoms with van der Waals surface area (Å²) in [6.07, 6.45) is 10.8. The number of carbonyl (C=O) groups is 1. The quantitative estimate of drug-likeness (QED) is 0.300. The fourth-order valence-corrected chi connectivity index (χ4v) is 3.81. The Bertz CT molecular complexity index is 396. The van der Waals surface area contributed by atoms with Gasteiger partial charge >= 0.3 is 5.97 Å². The van der Waals surface area contributed by atoms with Crippen LogP contribution in [0, 0.1) is 11.8 Å². The summed E-state index contributed by atoms with van der Waals surface area (Å²) in [5.41, 5.74) is 0. The van der Waals surface area contributed by atoms with Crippen LogP contribution in [0.15, 0.2) is 12.2 Å². The van der Waals surface area contributed by atoms with Crippen LogP contribution < -0.4 is 0 Å². The maximum absolute atomic E-state index is 10.5. The first-order chi connectivity index (χ1) is 12.0. The maximum atomic E-state index is 10.5. The van der Waals surface area contributed by atoms with Crippen LogP contribution >= 0.6 is 0 Å². The molecule has 25 heavy (non-hydrogen) atoms. The minimum absolute atomic E-state index is 0.0218. The van der Waals surface area contributed by atoms with E-state index < -0.39 is 18.2 Å². The molecular formula is C20H36O5. The molecular weight excluding hydrogens is 320 g/mol. The number of hydrogen-bond donors (Lipinski definition) is 4. The van der Waals surface area contributed by atoms with Gasteiger partial charge in [-0.15, -0.1) is 0 Å². The van der Waals surface area contributed by atoms with Crippen LogP contribution in [0.4, 0.5) is 0 Å². The molecule has 1 rings (SSSR count). The summed E-state index contributed by atoms with van der Waals surface area (Å²) in [5.74, 6) is -0.728. The van der Waals surface area contributed by atoms with Gasteiger partial charge < -0.3 is 20.4 Å². The monoisotopic (exact) mass is 356 g/mol. The van der Waals surface area contributed by atoms with Gasteiger partial charge in [-0.3, -0.25) is 4.79 Å². The minimum atomic E-state index is -0.778. The lowest BCUT2D eigenvalue weighted by Gasteiger charge is -2.23. The molecule has 0 saturated heterocycles. The molecule has 1 aliphatic carbocycles. The molecule has 0 unspecified atom stereocenters. The summed E-state index contributed by atoms with van der Waals surface area (Å²) in [6, 6.07) is 0. The van der Waals surface area contributed by atoms with E-state index in [0.29, 0.717) is 25.7 Å². The fourth-order valence-electron chi connectivity index (χ4n) is 3.81. The SMILES string of the molecule is CCCCC[C@@H](O)CC[C@@H]1[C@@H](C/C=C\CCCC(=O)O)[C@@H](O)C[C@H]1O. The van der Waals surface area contributed by atoms with Crippen molar-refractivity contribution in [2.75, 3.05) is 0 Å². The molecule has 1 saturated carbocycles. The lowest BCUT2D eigenvalue weighted by molar-refractivity contribution is -0.137. The van der Waals surface area contributed by atoms with Crippen LogP contribution in [0.25, 0.3) is 0 Å². The van der Waals surface area contributed by atoms with E-state index in [1.807, 2.05) is 12.2 Å². The van der Waals surface area contributed by atoms with Gasteiger partial charge in [0.15, 0.2) is 0 Å². The van der Waals surface area contributed by atoms with E-state index in [-0.39, 0.29) is 24.4 Å². The van der Waals surface area contributed by atoms with Crippen molar-refractivity contribution < 1.29 is 25.2 Å².